The Labute approximate surface area is 121 Å². The number of rotatable bonds is 6. The number of furan rings is 1. The third-order valence-electron chi connectivity index (χ3n) is 3.53. The molecule has 1 heterocycles. The summed E-state index contributed by atoms with van der Waals surface area (Å²) in [7, 11) is 0. The van der Waals surface area contributed by atoms with E-state index in [1.807, 2.05) is 19.1 Å². The molecule has 0 atom stereocenters. The van der Waals surface area contributed by atoms with E-state index in [1.165, 1.54) is 16.5 Å². The molecule has 2 heteroatoms. The third-order valence-corrected chi connectivity index (χ3v) is 3.53. The van der Waals surface area contributed by atoms with Gasteiger partial charge in [0.15, 0.2) is 0 Å². The number of nitrogens with one attached hydrogen (secondary N) is 1. The van der Waals surface area contributed by atoms with E-state index in [0.717, 1.165) is 30.9 Å². The molecular weight excluding hydrogens is 246 g/mol. The van der Waals surface area contributed by atoms with Gasteiger partial charge in [0.25, 0.3) is 0 Å². The molecule has 0 spiro atoms. The van der Waals surface area contributed by atoms with Crippen LogP contribution in [-0.4, -0.2) is 13.1 Å². The van der Waals surface area contributed by atoms with E-state index < -0.39 is 0 Å². The smallest absolute Gasteiger partial charge is 0.134 e. The predicted octanol–water partition coefficient (Wildman–Crippen LogP) is 4.78. The molecule has 0 amide bonds. The Morgan fingerprint density at radius 1 is 1.30 bits per heavy atom. The van der Waals surface area contributed by atoms with Crippen LogP contribution < -0.4 is 5.32 Å². The van der Waals surface area contributed by atoms with E-state index >= 15 is 0 Å². The van der Waals surface area contributed by atoms with E-state index in [1.54, 1.807) is 0 Å². The molecule has 0 bridgehead atoms. The maximum atomic E-state index is 5.82. The molecule has 0 unspecified atom stereocenters. The van der Waals surface area contributed by atoms with Crippen molar-refractivity contribution in [3.8, 4) is 0 Å². The number of fused-ring (bicyclic) bond motifs is 1. The molecule has 0 aliphatic heterocycles. The number of hydrogen-bond acceptors (Lipinski definition) is 2. The average molecular weight is 271 g/mol. The van der Waals surface area contributed by atoms with Crippen LogP contribution in [0, 0.1) is 12.8 Å². The summed E-state index contributed by atoms with van der Waals surface area (Å²) in [5.41, 5.74) is 3.62. The minimum Gasteiger partial charge on any atom is -0.461 e. The molecule has 1 aromatic carbocycles. The summed E-state index contributed by atoms with van der Waals surface area (Å²) in [4.78, 5) is 0. The van der Waals surface area contributed by atoms with Crippen LogP contribution in [0.25, 0.3) is 17.0 Å². The van der Waals surface area contributed by atoms with Crippen molar-refractivity contribution in [1.82, 2.24) is 5.32 Å². The molecule has 1 aromatic heterocycles. The highest BCUT2D eigenvalue weighted by molar-refractivity contribution is 5.88. The van der Waals surface area contributed by atoms with Crippen LogP contribution in [-0.2, 0) is 0 Å². The van der Waals surface area contributed by atoms with Gasteiger partial charge in [-0.1, -0.05) is 50.6 Å². The second-order valence-electron chi connectivity index (χ2n) is 5.75. The first-order valence-corrected chi connectivity index (χ1v) is 7.50. The molecule has 0 fully saturated rings. The predicted molar refractivity (Wildman–Crippen MR) is 86.9 cm³/mol. The molecule has 2 nitrogen and oxygen atoms in total. The number of hydrogen-bond donors (Lipinski definition) is 1. The summed E-state index contributed by atoms with van der Waals surface area (Å²) < 4.78 is 5.82. The molecule has 2 aromatic rings. The minimum absolute atomic E-state index is 0.685. The van der Waals surface area contributed by atoms with Gasteiger partial charge in [-0.25, -0.2) is 0 Å². The van der Waals surface area contributed by atoms with E-state index in [9.17, 15) is 0 Å². The molecule has 0 aliphatic carbocycles. The Morgan fingerprint density at radius 2 is 2.05 bits per heavy atom. The first-order valence-electron chi connectivity index (χ1n) is 7.50. The van der Waals surface area contributed by atoms with Gasteiger partial charge in [0.05, 0.1) is 0 Å². The van der Waals surface area contributed by atoms with Crippen molar-refractivity contribution in [3.05, 3.63) is 41.2 Å². The van der Waals surface area contributed by atoms with Gasteiger partial charge in [-0.15, -0.1) is 0 Å². The largest absolute Gasteiger partial charge is 0.461 e. The lowest BCUT2D eigenvalue weighted by Gasteiger charge is -2.09. The van der Waals surface area contributed by atoms with Crippen LogP contribution in [0.15, 0.2) is 34.3 Å². The van der Waals surface area contributed by atoms with Gasteiger partial charge in [0.2, 0.25) is 0 Å². The number of benzene rings is 1. The Bertz CT molecular complexity index is 592. The summed E-state index contributed by atoms with van der Waals surface area (Å²) >= 11 is 0. The van der Waals surface area contributed by atoms with Gasteiger partial charge in [-0.3, -0.25) is 0 Å². The van der Waals surface area contributed by atoms with Gasteiger partial charge >= 0.3 is 0 Å². The van der Waals surface area contributed by atoms with E-state index in [0.29, 0.717) is 5.92 Å². The molecule has 108 valence electrons. The minimum atomic E-state index is 0.685. The lowest BCUT2D eigenvalue weighted by atomic mass is 10.1. The highest BCUT2D eigenvalue weighted by atomic mass is 16.3. The second kappa shape index (κ2) is 6.76. The average Bonchev–Trinajstić information content (AvgIpc) is 2.73. The fourth-order valence-electron chi connectivity index (χ4n) is 2.37. The van der Waals surface area contributed by atoms with Crippen molar-refractivity contribution in [1.29, 1.82) is 0 Å². The normalized spacial score (nSPS) is 12.6. The third kappa shape index (κ3) is 3.51. The van der Waals surface area contributed by atoms with Gasteiger partial charge in [-0.2, -0.15) is 0 Å². The van der Waals surface area contributed by atoms with Gasteiger partial charge in [-0.05, 0) is 31.9 Å². The van der Waals surface area contributed by atoms with Gasteiger partial charge in [0, 0.05) is 17.5 Å². The highest BCUT2D eigenvalue weighted by Crippen LogP contribution is 2.27. The zero-order valence-electron chi connectivity index (χ0n) is 13.0. The maximum absolute atomic E-state index is 5.82. The summed E-state index contributed by atoms with van der Waals surface area (Å²) in [6.07, 6.45) is 3.35. The molecule has 0 aliphatic rings. The fraction of sp³-hybridized carbons (Fsp3) is 0.444. The van der Waals surface area contributed by atoms with Crippen LogP contribution in [0.3, 0.4) is 0 Å². The van der Waals surface area contributed by atoms with Gasteiger partial charge < -0.3 is 9.73 Å². The van der Waals surface area contributed by atoms with Crippen molar-refractivity contribution in [2.45, 2.75) is 34.1 Å². The fourth-order valence-corrected chi connectivity index (χ4v) is 2.37. The molecule has 20 heavy (non-hydrogen) atoms. The summed E-state index contributed by atoms with van der Waals surface area (Å²) in [6, 6.07) is 8.25. The lowest BCUT2D eigenvalue weighted by molar-refractivity contribution is 0.569. The van der Waals surface area contributed by atoms with E-state index in [-0.39, 0.29) is 0 Å². The van der Waals surface area contributed by atoms with Crippen LogP contribution in [0.4, 0.5) is 0 Å². The summed E-state index contributed by atoms with van der Waals surface area (Å²) in [5, 5.41) is 4.73. The van der Waals surface area contributed by atoms with Crippen molar-refractivity contribution >= 4 is 17.0 Å². The Kier molecular flexibility index (Phi) is 5.02. The van der Waals surface area contributed by atoms with Crippen LogP contribution in [0.1, 0.15) is 38.5 Å². The second-order valence-corrected chi connectivity index (χ2v) is 5.75. The van der Waals surface area contributed by atoms with Crippen molar-refractivity contribution in [3.63, 3.8) is 0 Å². The van der Waals surface area contributed by atoms with Crippen molar-refractivity contribution in [2.75, 3.05) is 13.1 Å². The molecule has 1 N–H and O–H groups in total. The highest BCUT2D eigenvalue weighted by Gasteiger charge is 2.08. The SMILES string of the molecule is CC/C(=C/c1c(C)oc2ccccc12)CNCC(C)C. The lowest BCUT2D eigenvalue weighted by Crippen LogP contribution is -2.21. The molecule has 2 rings (SSSR count). The monoisotopic (exact) mass is 271 g/mol. The van der Waals surface area contributed by atoms with Crippen LogP contribution >= 0.6 is 0 Å². The first-order chi connectivity index (χ1) is 9.61. The zero-order chi connectivity index (χ0) is 14.5. The van der Waals surface area contributed by atoms with Crippen LogP contribution in [0.2, 0.25) is 0 Å². The number of aryl methyl sites for hydroxylation is 1. The standard InChI is InChI=1S/C18H25NO/c1-5-15(12-19-11-13(2)3)10-17-14(4)20-18-9-7-6-8-16(17)18/h6-10,13,19H,5,11-12H2,1-4H3/b15-10-. The Hall–Kier alpha value is -1.54. The first kappa shape index (κ1) is 14.9. The van der Waals surface area contributed by atoms with E-state index in [4.69, 9.17) is 4.42 Å². The summed E-state index contributed by atoms with van der Waals surface area (Å²) in [5.74, 6) is 1.69. The van der Waals surface area contributed by atoms with Crippen LogP contribution in [0.5, 0.6) is 0 Å². The number of para-hydroxylation sites is 1. The maximum Gasteiger partial charge on any atom is 0.134 e. The zero-order valence-corrected chi connectivity index (χ0v) is 13.0. The quantitative estimate of drug-likeness (QED) is 0.818. The Morgan fingerprint density at radius 3 is 2.75 bits per heavy atom. The van der Waals surface area contributed by atoms with Gasteiger partial charge in [0.1, 0.15) is 11.3 Å². The molecular formula is C18H25NO. The van der Waals surface area contributed by atoms with E-state index in [2.05, 4.69) is 44.3 Å². The topological polar surface area (TPSA) is 25.2 Å². The van der Waals surface area contributed by atoms with Crippen molar-refractivity contribution < 1.29 is 4.42 Å². The Balaban J connectivity index is 2.23. The summed E-state index contributed by atoms with van der Waals surface area (Å²) in [6.45, 7) is 10.7. The molecule has 0 saturated heterocycles. The molecule has 0 radical (unpaired) electrons. The molecule has 0 saturated carbocycles. The van der Waals surface area contributed by atoms with Crippen molar-refractivity contribution in [2.24, 2.45) is 5.92 Å².